The minimum absolute atomic E-state index is 0.0979. The quantitative estimate of drug-likeness (QED) is 0.163. The van der Waals surface area contributed by atoms with Gasteiger partial charge in [-0.1, -0.05) is 50.3 Å². The van der Waals surface area contributed by atoms with Gasteiger partial charge in [0.25, 0.3) is 5.56 Å². The predicted molar refractivity (Wildman–Crippen MR) is 96.7 cm³/mol. The van der Waals surface area contributed by atoms with Gasteiger partial charge in [0.15, 0.2) is 0 Å². The number of alkyl halides is 2. The number of hydrogen-bond donors (Lipinski definition) is 3. The highest BCUT2D eigenvalue weighted by atomic mass is 127. The van der Waals surface area contributed by atoms with Crippen molar-refractivity contribution in [2.75, 3.05) is 6.61 Å². The van der Waals surface area contributed by atoms with Crippen LogP contribution in [0.3, 0.4) is 0 Å². The number of aliphatic hydroxyl groups is 2. The van der Waals surface area contributed by atoms with Gasteiger partial charge in [-0.15, -0.1) is 0 Å². The molecule has 1 aliphatic heterocycles. The molecule has 1 fully saturated rings. The Morgan fingerprint density at radius 1 is 1.57 bits per heavy atom. The lowest BCUT2D eigenvalue weighted by molar-refractivity contribution is -0.0460. The molecule has 0 spiro atoms. The van der Waals surface area contributed by atoms with Crippen molar-refractivity contribution in [2.45, 2.75) is 32.8 Å². The summed E-state index contributed by atoms with van der Waals surface area (Å²) in [6, 6.07) is -0.767. The Kier molecular flexibility index (Phi) is 6.44. The molecule has 2 heterocycles. The first kappa shape index (κ1) is 18.7. The van der Waals surface area contributed by atoms with Crippen molar-refractivity contribution < 1.29 is 14.9 Å². The number of azide groups is 1. The molecule has 10 nitrogen and oxygen atoms in total. The number of nitrogens with zero attached hydrogens (tertiary/aromatic N) is 4. The van der Waals surface area contributed by atoms with Crippen LogP contribution < -0.4 is 11.2 Å². The highest BCUT2D eigenvalue weighted by molar-refractivity contribution is 14.2. The van der Waals surface area contributed by atoms with Crippen LogP contribution in [0.4, 0.5) is 0 Å². The third-order valence-electron chi connectivity index (χ3n) is 3.42. The van der Waals surface area contributed by atoms with Gasteiger partial charge in [0, 0.05) is 23.1 Å². The van der Waals surface area contributed by atoms with Gasteiger partial charge in [-0.3, -0.25) is 14.3 Å². The van der Waals surface area contributed by atoms with Crippen LogP contribution in [0.2, 0.25) is 0 Å². The molecule has 1 aliphatic rings. The summed E-state index contributed by atoms with van der Waals surface area (Å²) in [5.74, 6) is 0. The van der Waals surface area contributed by atoms with E-state index in [1.807, 2.05) is 45.2 Å². The Bertz CT molecular complexity index is 728. The van der Waals surface area contributed by atoms with Crippen molar-refractivity contribution >= 4 is 45.2 Å². The zero-order valence-corrected chi connectivity index (χ0v) is 15.9. The first-order valence-corrected chi connectivity index (χ1v) is 9.00. The third-order valence-corrected chi connectivity index (χ3v) is 4.79. The predicted octanol–water partition coefficient (Wildman–Crippen LogP) is 0.725. The summed E-state index contributed by atoms with van der Waals surface area (Å²) in [5, 5.41) is 22.5. The number of hydrogen-bond acceptors (Lipinski definition) is 6. The Balaban J connectivity index is 2.47. The SMILES string of the molecule is [N-]=[N+]=N[C@@H](c1cn([C@H]2C[C@H](O)[C@@H](CO)O2)c(=O)[nH]c1=O)C(I)I. The van der Waals surface area contributed by atoms with Gasteiger partial charge in [-0.2, -0.15) is 0 Å². The number of aromatic nitrogens is 2. The van der Waals surface area contributed by atoms with Crippen LogP contribution in [0.15, 0.2) is 20.9 Å². The van der Waals surface area contributed by atoms with E-state index in [0.717, 1.165) is 4.57 Å². The van der Waals surface area contributed by atoms with E-state index in [9.17, 15) is 14.7 Å². The zero-order chi connectivity index (χ0) is 17.1. The van der Waals surface area contributed by atoms with Gasteiger partial charge < -0.3 is 14.9 Å². The molecule has 3 N–H and O–H groups in total. The Morgan fingerprint density at radius 3 is 2.78 bits per heavy atom. The molecule has 4 atom stereocenters. The van der Waals surface area contributed by atoms with Gasteiger partial charge >= 0.3 is 5.69 Å². The normalized spacial score (nSPS) is 25.3. The van der Waals surface area contributed by atoms with Crippen molar-refractivity contribution in [3.05, 3.63) is 43.0 Å². The van der Waals surface area contributed by atoms with E-state index >= 15 is 0 Å². The number of H-pyrrole nitrogens is 1. The van der Waals surface area contributed by atoms with Crippen molar-refractivity contribution in [3.8, 4) is 0 Å². The Hall–Kier alpha value is -0.670. The molecule has 126 valence electrons. The molecule has 0 unspecified atom stereocenters. The van der Waals surface area contributed by atoms with E-state index in [0.29, 0.717) is 0 Å². The van der Waals surface area contributed by atoms with Crippen LogP contribution in [-0.2, 0) is 4.74 Å². The highest BCUT2D eigenvalue weighted by Crippen LogP contribution is 2.31. The van der Waals surface area contributed by atoms with E-state index in [4.69, 9.17) is 15.4 Å². The smallest absolute Gasteiger partial charge is 0.330 e. The summed E-state index contributed by atoms with van der Waals surface area (Å²) in [6.45, 7) is -0.381. The van der Waals surface area contributed by atoms with Crippen LogP contribution in [0.25, 0.3) is 10.4 Å². The summed E-state index contributed by atoms with van der Waals surface area (Å²) in [4.78, 5) is 28.9. The molecular formula is C11H13I2N5O5. The van der Waals surface area contributed by atoms with E-state index < -0.39 is 35.7 Å². The maximum atomic E-state index is 12.0. The number of nitrogens with one attached hydrogen (secondary N) is 1. The summed E-state index contributed by atoms with van der Waals surface area (Å²) >= 11 is 4.01. The van der Waals surface area contributed by atoms with Crippen molar-refractivity contribution in [2.24, 2.45) is 5.11 Å². The van der Waals surface area contributed by atoms with Gasteiger partial charge in [-0.25, -0.2) is 4.79 Å². The van der Waals surface area contributed by atoms with Crippen LogP contribution >= 0.6 is 45.2 Å². The second kappa shape index (κ2) is 7.94. The lowest BCUT2D eigenvalue weighted by Gasteiger charge is -2.18. The fourth-order valence-electron chi connectivity index (χ4n) is 2.28. The van der Waals surface area contributed by atoms with Crippen molar-refractivity contribution in [1.29, 1.82) is 0 Å². The molecule has 1 aromatic rings. The molecule has 0 bridgehead atoms. The molecule has 0 aromatic carbocycles. The second-order valence-electron chi connectivity index (χ2n) is 4.85. The number of rotatable bonds is 5. The van der Waals surface area contributed by atoms with Crippen LogP contribution in [0.5, 0.6) is 0 Å². The lowest BCUT2D eigenvalue weighted by atomic mass is 10.1. The summed E-state index contributed by atoms with van der Waals surface area (Å²) in [5.41, 5.74) is 7.45. The Morgan fingerprint density at radius 2 is 2.26 bits per heavy atom. The van der Waals surface area contributed by atoms with Crippen molar-refractivity contribution in [1.82, 2.24) is 9.55 Å². The molecule has 23 heavy (non-hydrogen) atoms. The number of ether oxygens (including phenoxy) is 1. The molecule has 12 heteroatoms. The number of aliphatic hydroxyl groups excluding tert-OH is 2. The van der Waals surface area contributed by atoms with E-state index in [1.54, 1.807) is 0 Å². The van der Waals surface area contributed by atoms with Crippen LogP contribution in [0, 0.1) is 0 Å². The Labute approximate surface area is 156 Å². The minimum Gasteiger partial charge on any atom is -0.394 e. The average molecular weight is 549 g/mol. The largest absolute Gasteiger partial charge is 0.394 e. The molecule has 0 saturated carbocycles. The molecule has 0 radical (unpaired) electrons. The summed E-state index contributed by atoms with van der Waals surface area (Å²) in [7, 11) is 0. The summed E-state index contributed by atoms with van der Waals surface area (Å²) in [6.07, 6.45) is -1.15. The van der Waals surface area contributed by atoms with Gasteiger partial charge in [0.1, 0.15) is 12.3 Å². The van der Waals surface area contributed by atoms with Crippen LogP contribution in [-0.4, -0.2) is 40.5 Å². The number of aromatic amines is 1. The molecular weight excluding hydrogens is 536 g/mol. The maximum Gasteiger partial charge on any atom is 0.330 e. The first-order valence-electron chi connectivity index (χ1n) is 6.51. The fraction of sp³-hybridized carbons (Fsp3) is 0.636. The topological polar surface area (TPSA) is 153 Å². The summed E-state index contributed by atoms with van der Waals surface area (Å²) < 4.78 is 6.33. The monoisotopic (exact) mass is 549 g/mol. The number of halogens is 2. The minimum atomic E-state index is -0.915. The average Bonchev–Trinajstić information content (AvgIpc) is 2.86. The molecule has 1 aromatic heterocycles. The molecule has 0 amide bonds. The molecule has 0 aliphatic carbocycles. The molecule has 2 rings (SSSR count). The van der Waals surface area contributed by atoms with Gasteiger partial charge in [0.2, 0.25) is 0 Å². The van der Waals surface area contributed by atoms with Gasteiger partial charge in [-0.05, 0) is 5.53 Å². The third kappa shape index (κ3) is 4.06. The highest BCUT2D eigenvalue weighted by Gasteiger charge is 2.35. The van der Waals surface area contributed by atoms with E-state index in [1.165, 1.54) is 6.20 Å². The van der Waals surface area contributed by atoms with Crippen LogP contribution in [0.1, 0.15) is 24.3 Å². The lowest BCUT2D eigenvalue weighted by Crippen LogP contribution is -2.35. The maximum absolute atomic E-state index is 12.0. The standard InChI is InChI=1S/C11H13I2N5O5/c12-9(13)8(16-17-14)4-2-18(11(22)15-10(4)21)7-1-5(20)6(3-19)23-7/h2,5-9,19-20H,1,3H2,(H,15,21,22)/t5-,6+,7+,8-/m0/s1. The second-order valence-corrected chi connectivity index (χ2v) is 9.92. The van der Waals surface area contributed by atoms with E-state index in [-0.39, 0.29) is 20.5 Å². The molecule has 1 saturated heterocycles. The van der Waals surface area contributed by atoms with Gasteiger partial charge in [0.05, 0.1) is 20.7 Å². The zero-order valence-electron chi connectivity index (χ0n) is 11.5. The first-order chi connectivity index (χ1) is 10.9. The van der Waals surface area contributed by atoms with Crippen molar-refractivity contribution in [3.63, 3.8) is 0 Å². The van der Waals surface area contributed by atoms with E-state index in [2.05, 4.69) is 15.0 Å². The fourth-order valence-corrected chi connectivity index (χ4v) is 3.34.